The van der Waals surface area contributed by atoms with Crippen LogP contribution in [0.3, 0.4) is 0 Å². The van der Waals surface area contributed by atoms with Gasteiger partial charge in [-0.15, -0.1) is 0 Å². The Kier molecular flexibility index (Phi) is 2.33. The predicted octanol–water partition coefficient (Wildman–Crippen LogP) is 1.35. The van der Waals surface area contributed by atoms with Crippen molar-refractivity contribution in [3.05, 3.63) is 29.6 Å². The zero-order valence-electron chi connectivity index (χ0n) is 9.47. The van der Waals surface area contributed by atoms with Crippen LogP contribution in [0.4, 0.5) is 0 Å². The van der Waals surface area contributed by atoms with Gasteiger partial charge in [0.25, 0.3) is 0 Å². The molecule has 0 saturated carbocycles. The summed E-state index contributed by atoms with van der Waals surface area (Å²) >= 11 is 0. The van der Waals surface area contributed by atoms with E-state index in [1.165, 1.54) is 7.11 Å². The molecule has 0 atom stereocenters. The molecule has 0 amide bonds. The molecule has 3 rings (SSSR count). The van der Waals surface area contributed by atoms with Gasteiger partial charge < -0.3 is 14.0 Å². The van der Waals surface area contributed by atoms with Gasteiger partial charge in [-0.25, -0.2) is 9.78 Å². The van der Waals surface area contributed by atoms with E-state index in [9.17, 15) is 4.79 Å². The Morgan fingerprint density at radius 1 is 1.53 bits per heavy atom. The Balaban J connectivity index is 2.17. The molecule has 2 aromatic rings. The molecule has 1 aromatic heterocycles. The number of esters is 1. The standard InChI is InChI=1S/C12H12N2O3/c1-16-12(15)8-2-3-9-10(6-8)14-4-5-17-7-11(14)13-9/h2-3,6H,4-5,7H2,1H3. The van der Waals surface area contributed by atoms with E-state index < -0.39 is 0 Å². The van der Waals surface area contributed by atoms with Crippen LogP contribution in [0, 0.1) is 0 Å². The fourth-order valence-corrected chi connectivity index (χ4v) is 2.10. The summed E-state index contributed by atoms with van der Waals surface area (Å²) in [6.45, 7) is 1.99. The minimum atomic E-state index is -0.325. The number of benzene rings is 1. The lowest BCUT2D eigenvalue weighted by Crippen LogP contribution is -2.16. The lowest BCUT2D eigenvalue weighted by atomic mass is 10.2. The van der Waals surface area contributed by atoms with Gasteiger partial charge in [0.05, 0.1) is 30.3 Å². The average molecular weight is 232 g/mol. The smallest absolute Gasteiger partial charge is 0.337 e. The second-order valence-corrected chi connectivity index (χ2v) is 3.93. The summed E-state index contributed by atoms with van der Waals surface area (Å²) in [4.78, 5) is 15.9. The first-order chi connectivity index (χ1) is 8.29. The zero-order chi connectivity index (χ0) is 11.8. The Morgan fingerprint density at radius 2 is 2.41 bits per heavy atom. The third kappa shape index (κ3) is 1.59. The summed E-state index contributed by atoms with van der Waals surface area (Å²) < 4.78 is 12.2. The van der Waals surface area contributed by atoms with E-state index in [1.54, 1.807) is 6.07 Å². The van der Waals surface area contributed by atoms with Gasteiger partial charge in [-0.2, -0.15) is 0 Å². The first-order valence-electron chi connectivity index (χ1n) is 5.45. The molecular weight excluding hydrogens is 220 g/mol. The van der Waals surface area contributed by atoms with Crippen LogP contribution in [0.2, 0.25) is 0 Å². The Labute approximate surface area is 98.0 Å². The highest BCUT2D eigenvalue weighted by molar-refractivity contribution is 5.93. The average Bonchev–Trinajstić information content (AvgIpc) is 2.75. The van der Waals surface area contributed by atoms with E-state index in [2.05, 4.69) is 9.55 Å². The number of hydrogen-bond acceptors (Lipinski definition) is 4. The Hall–Kier alpha value is -1.88. The van der Waals surface area contributed by atoms with E-state index in [1.807, 2.05) is 12.1 Å². The van der Waals surface area contributed by atoms with Crippen molar-refractivity contribution in [1.82, 2.24) is 9.55 Å². The molecule has 1 aromatic carbocycles. The van der Waals surface area contributed by atoms with Crippen LogP contribution < -0.4 is 0 Å². The third-order valence-electron chi connectivity index (χ3n) is 2.94. The Bertz CT molecular complexity index is 589. The van der Waals surface area contributed by atoms with Crippen LogP contribution in [-0.2, 0) is 22.6 Å². The summed E-state index contributed by atoms with van der Waals surface area (Å²) in [6.07, 6.45) is 0. The topological polar surface area (TPSA) is 53.3 Å². The number of imidazole rings is 1. The molecule has 1 aliphatic heterocycles. The number of methoxy groups -OCH3 is 1. The highest BCUT2D eigenvalue weighted by Gasteiger charge is 2.16. The fraction of sp³-hybridized carbons (Fsp3) is 0.333. The summed E-state index contributed by atoms with van der Waals surface area (Å²) in [6, 6.07) is 5.39. The van der Waals surface area contributed by atoms with Crippen LogP contribution in [-0.4, -0.2) is 29.2 Å². The van der Waals surface area contributed by atoms with Crippen LogP contribution in [0.5, 0.6) is 0 Å². The van der Waals surface area contributed by atoms with Crippen molar-refractivity contribution in [2.45, 2.75) is 13.2 Å². The maximum Gasteiger partial charge on any atom is 0.337 e. The molecule has 0 spiro atoms. The van der Waals surface area contributed by atoms with Crippen molar-refractivity contribution in [2.24, 2.45) is 0 Å². The number of hydrogen-bond donors (Lipinski definition) is 0. The highest BCUT2D eigenvalue weighted by atomic mass is 16.5. The predicted molar refractivity (Wildman–Crippen MR) is 60.7 cm³/mol. The molecule has 0 N–H and O–H groups in total. The number of carbonyl (C=O) groups is 1. The number of carbonyl (C=O) groups excluding carboxylic acids is 1. The lowest BCUT2D eigenvalue weighted by molar-refractivity contribution is 0.0601. The van der Waals surface area contributed by atoms with Crippen molar-refractivity contribution in [2.75, 3.05) is 13.7 Å². The molecular formula is C12H12N2O3. The summed E-state index contributed by atoms with van der Waals surface area (Å²) in [5, 5.41) is 0. The molecule has 0 bridgehead atoms. The van der Waals surface area contributed by atoms with Gasteiger partial charge in [-0.05, 0) is 18.2 Å². The molecule has 1 aliphatic rings. The largest absolute Gasteiger partial charge is 0.465 e. The van der Waals surface area contributed by atoms with Crippen LogP contribution in [0.1, 0.15) is 16.2 Å². The number of fused-ring (bicyclic) bond motifs is 3. The van der Waals surface area contributed by atoms with Gasteiger partial charge in [0, 0.05) is 6.54 Å². The van der Waals surface area contributed by atoms with Gasteiger partial charge in [-0.1, -0.05) is 0 Å². The molecule has 5 nitrogen and oxygen atoms in total. The van der Waals surface area contributed by atoms with E-state index in [0.717, 1.165) is 23.4 Å². The molecule has 0 fully saturated rings. The Morgan fingerprint density at radius 3 is 3.24 bits per heavy atom. The molecule has 88 valence electrons. The molecule has 0 radical (unpaired) electrons. The summed E-state index contributed by atoms with van der Waals surface area (Å²) in [7, 11) is 1.38. The van der Waals surface area contributed by atoms with Gasteiger partial charge in [0.2, 0.25) is 0 Å². The highest BCUT2D eigenvalue weighted by Crippen LogP contribution is 2.21. The van der Waals surface area contributed by atoms with E-state index in [0.29, 0.717) is 18.8 Å². The first-order valence-corrected chi connectivity index (χ1v) is 5.45. The minimum absolute atomic E-state index is 0.325. The summed E-state index contributed by atoms with van der Waals surface area (Å²) in [5.74, 6) is 0.586. The van der Waals surface area contributed by atoms with E-state index in [4.69, 9.17) is 9.47 Å². The number of aromatic nitrogens is 2. The summed E-state index contributed by atoms with van der Waals surface area (Å²) in [5.41, 5.74) is 2.40. The SMILES string of the molecule is COC(=O)c1ccc2nc3n(c2c1)CCOC3. The van der Waals surface area contributed by atoms with Crippen molar-refractivity contribution < 1.29 is 14.3 Å². The molecule has 5 heteroatoms. The van der Waals surface area contributed by atoms with Gasteiger partial charge in [0.15, 0.2) is 0 Å². The normalized spacial score (nSPS) is 14.6. The molecule has 2 heterocycles. The van der Waals surface area contributed by atoms with Gasteiger partial charge in [-0.3, -0.25) is 0 Å². The number of rotatable bonds is 1. The molecule has 0 saturated heterocycles. The molecule has 0 unspecified atom stereocenters. The van der Waals surface area contributed by atoms with Crippen molar-refractivity contribution in [1.29, 1.82) is 0 Å². The van der Waals surface area contributed by atoms with E-state index >= 15 is 0 Å². The molecule has 0 aliphatic carbocycles. The van der Waals surface area contributed by atoms with Crippen molar-refractivity contribution >= 4 is 17.0 Å². The quantitative estimate of drug-likeness (QED) is 0.696. The third-order valence-corrected chi connectivity index (χ3v) is 2.94. The maximum absolute atomic E-state index is 11.5. The van der Waals surface area contributed by atoms with Crippen molar-refractivity contribution in [3.63, 3.8) is 0 Å². The van der Waals surface area contributed by atoms with Crippen LogP contribution in [0.25, 0.3) is 11.0 Å². The monoisotopic (exact) mass is 232 g/mol. The first kappa shape index (κ1) is 10.3. The van der Waals surface area contributed by atoms with E-state index in [-0.39, 0.29) is 5.97 Å². The van der Waals surface area contributed by atoms with Gasteiger partial charge >= 0.3 is 5.97 Å². The van der Waals surface area contributed by atoms with Crippen LogP contribution >= 0.6 is 0 Å². The fourth-order valence-electron chi connectivity index (χ4n) is 2.10. The van der Waals surface area contributed by atoms with Crippen LogP contribution in [0.15, 0.2) is 18.2 Å². The van der Waals surface area contributed by atoms with Crippen molar-refractivity contribution in [3.8, 4) is 0 Å². The molecule has 17 heavy (non-hydrogen) atoms. The number of nitrogens with zero attached hydrogens (tertiary/aromatic N) is 2. The number of ether oxygens (including phenoxy) is 2. The van der Waals surface area contributed by atoms with Gasteiger partial charge in [0.1, 0.15) is 12.4 Å². The second kappa shape index (κ2) is 3.85. The second-order valence-electron chi connectivity index (χ2n) is 3.93. The maximum atomic E-state index is 11.5. The minimum Gasteiger partial charge on any atom is -0.465 e. The zero-order valence-corrected chi connectivity index (χ0v) is 9.47. The lowest BCUT2D eigenvalue weighted by Gasteiger charge is -2.14.